The van der Waals surface area contributed by atoms with Gasteiger partial charge in [-0.05, 0) is 31.0 Å². The van der Waals surface area contributed by atoms with Gasteiger partial charge in [-0.3, -0.25) is 9.59 Å². The average Bonchev–Trinajstić information content (AvgIpc) is 3.06. The number of benzene rings is 1. The number of carbonyl (C=O) groups is 3. The highest BCUT2D eigenvalue weighted by atomic mass is 16.5. The van der Waals surface area contributed by atoms with Gasteiger partial charge in [0.15, 0.2) is 6.10 Å². The predicted molar refractivity (Wildman–Crippen MR) is 93.4 cm³/mol. The molecule has 7 heteroatoms. The number of amides is 2. The van der Waals surface area contributed by atoms with E-state index in [2.05, 4.69) is 0 Å². The minimum atomic E-state index is -0.843. The third-order valence-electron chi connectivity index (χ3n) is 4.66. The highest BCUT2D eigenvalue weighted by Gasteiger charge is 2.26. The van der Waals surface area contributed by atoms with Crippen molar-refractivity contribution < 1.29 is 23.9 Å². The SMILES string of the molecule is CC(OC(=O)c1cccc(CN2CCCC2=O)c1)C(=O)N1CCOCC1. The van der Waals surface area contributed by atoms with E-state index in [0.29, 0.717) is 44.8 Å². The first-order valence-electron chi connectivity index (χ1n) is 8.99. The molecule has 2 heterocycles. The molecule has 0 aromatic heterocycles. The van der Waals surface area contributed by atoms with Crippen molar-refractivity contribution in [3.05, 3.63) is 35.4 Å². The summed E-state index contributed by atoms with van der Waals surface area (Å²) in [6.07, 6.45) is 0.620. The van der Waals surface area contributed by atoms with Crippen molar-refractivity contribution in [2.75, 3.05) is 32.8 Å². The van der Waals surface area contributed by atoms with Crippen molar-refractivity contribution in [1.82, 2.24) is 9.80 Å². The normalized spacial score (nSPS) is 18.7. The second-order valence-corrected chi connectivity index (χ2v) is 6.60. The Morgan fingerprint density at radius 2 is 2.00 bits per heavy atom. The molecule has 0 aliphatic carbocycles. The fraction of sp³-hybridized carbons (Fsp3) is 0.526. The number of morpholine rings is 1. The van der Waals surface area contributed by atoms with Crippen LogP contribution in [-0.4, -0.2) is 66.5 Å². The van der Waals surface area contributed by atoms with Gasteiger partial charge in [-0.15, -0.1) is 0 Å². The van der Waals surface area contributed by atoms with E-state index in [9.17, 15) is 14.4 Å². The number of hydrogen-bond donors (Lipinski definition) is 0. The Hall–Kier alpha value is -2.41. The number of carbonyl (C=O) groups excluding carboxylic acids is 3. The molecular formula is C19H24N2O5. The van der Waals surface area contributed by atoms with Crippen molar-refractivity contribution in [3.8, 4) is 0 Å². The van der Waals surface area contributed by atoms with Crippen LogP contribution in [0.2, 0.25) is 0 Å². The number of hydrogen-bond acceptors (Lipinski definition) is 5. The maximum absolute atomic E-state index is 12.4. The van der Waals surface area contributed by atoms with Crippen LogP contribution in [0.25, 0.3) is 0 Å². The Morgan fingerprint density at radius 3 is 2.69 bits per heavy atom. The highest BCUT2D eigenvalue weighted by molar-refractivity contribution is 5.92. The molecule has 0 bridgehead atoms. The van der Waals surface area contributed by atoms with Crippen LogP contribution in [0, 0.1) is 0 Å². The zero-order valence-electron chi connectivity index (χ0n) is 15.0. The van der Waals surface area contributed by atoms with Gasteiger partial charge in [-0.1, -0.05) is 12.1 Å². The summed E-state index contributed by atoms with van der Waals surface area (Å²) in [6, 6.07) is 7.02. The summed E-state index contributed by atoms with van der Waals surface area (Å²) in [7, 11) is 0. The summed E-state index contributed by atoms with van der Waals surface area (Å²) in [5.41, 5.74) is 1.26. The molecule has 2 saturated heterocycles. The second-order valence-electron chi connectivity index (χ2n) is 6.60. The van der Waals surface area contributed by atoms with Gasteiger partial charge >= 0.3 is 5.97 Å². The lowest BCUT2D eigenvalue weighted by atomic mass is 10.1. The van der Waals surface area contributed by atoms with Crippen molar-refractivity contribution in [2.45, 2.75) is 32.4 Å². The molecule has 1 aromatic rings. The molecule has 3 rings (SSSR count). The van der Waals surface area contributed by atoms with Crippen LogP contribution in [0.4, 0.5) is 0 Å². The lowest BCUT2D eigenvalue weighted by Gasteiger charge is -2.29. The molecule has 140 valence electrons. The standard InChI is InChI=1S/C19H24N2O5/c1-14(18(23)20-8-10-25-11-9-20)26-19(24)16-5-2-4-15(12-16)13-21-7-3-6-17(21)22/h2,4-5,12,14H,3,6-11,13H2,1H3. The highest BCUT2D eigenvalue weighted by Crippen LogP contribution is 2.16. The number of nitrogens with zero attached hydrogens (tertiary/aromatic N) is 2. The minimum absolute atomic E-state index is 0.141. The average molecular weight is 360 g/mol. The first kappa shape index (κ1) is 18.4. The fourth-order valence-electron chi connectivity index (χ4n) is 3.21. The Balaban J connectivity index is 1.59. The van der Waals surface area contributed by atoms with E-state index in [-0.39, 0.29) is 11.8 Å². The van der Waals surface area contributed by atoms with Gasteiger partial charge in [0.2, 0.25) is 5.91 Å². The van der Waals surface area contributed by atoms with E-state index in [1.807, 2.05) is 6.07 Å². The first-order valence-corrected chi connectivity index (χ1v) is 8.99. The number of ether oxygens (including phenoxy) is 2. The summed E-state index contributed by atoms with van der Waals surface area (Å²) < 4.78 is 10.6. The predicted octanol–water partition coefficient (Wildman–Crippen LogP) is 1.21. The molecule has 7 nitrogen and oxygen atoms in total. The Labute approximate surface area is 152 Å². The summed E-state index contributed by atoms with van der Waals surface area (Å²) in [5.74, 6) is -0.600. The smallest absolute Gasteiger partial charge is 0.338 e. The van der Waals surface area contributed by atoms with Crippen LogP contribution in [0.1, 0.15) is 35.7 Å². The van der Waals surface area contributed by atoms with Crippen LogP contribution in [0.3, 0.4) is 0 Å². The molecule has 0 spiro atoms. The zero-order chi connectivity index (χ0) is 18.5. The first-order chi connectivity index (χ1) is 12.5. The van der Waals surface area contributed by atoms with E-state index < -0.39 is 12.1 Å². The van der Waals surface area contributed by atoms with Crippen molar-refractivity contribution in [2.24, 2.45) is 0 Å². The van der Waals surface area contributed by atoms with Crippen molar-refractivity contribution in [1.29, 1.82) is 0 Å². The van der Waals surface area contributed by atoms with E-state index in [1.165, 1.54) is 0 Å². The fourth-order valence-corrected chi connectivity index (χ4v) is 3.21. The van der Waals surface area contributed by atoms with Crippen LogP contribution in [-0.2, 0) is 25.6 Å². The molecular weight excluding hydrogens is 336 g/mol. The molecule has 0 radical (unpaired) electrons. The molecule has 1 atom stereocenters. The third-order valence-corrected chi connectivity index (χ3v) is 4.66. The largest absolute Gasteiger partial charge is 0.449 e. The van der Waals surface area contributed by atoms with Crippen LogP contribution in [0.15, 0.2) is 24.3 Å². The van der Waals surface area contributed by atoms with Crippen molar-refractivity contribution in [3.63, 3.8) is 0 Å². The molecule has 0 saturated carbocycles. The topological polar surface area (TPSA) is 76.2 Å². The molecule has 2 fully saturated rings. The zero-order valence-corrected chi connectivity index (χ0v) is 15.0. The van der Waals surface area contributed by atoms with Gasteiger partial charge in [0.25, 0.3) is 5.91 Å². The molecule has 2 aliphatic heterocycles. The van der Waals surface area contributed by atoms with Gasteiger partial charge in [-0.25, -0.2) is 4.79 Å². The summed E-state index contributed by atoms with van der Waals surface area (Å²) in [4.78, 5) is 39.9. The van der Waals surface area contributed by atoms with Crippen LogP contribution in [0.5, 0.6) is 0 Å². The van der Waals surface area contributed by atoms with Gasteiger partial charge in [0, 0.05) is 32.6 Å². The Morgan fingerprint density at radius 1 is 1.23 bits per heavy atom. The monoisotopic (exact) mass is 360 g/mol. The summed E-state index contributed by atoms with van der Waals surface area (Å²) in [5, 5.41) is 0. The number of esters is 1. The maximum Gasteiger partial charge on any atom is 0.338 e. The van der Waals surface area contributed by atoms with Gasteiger partial charge in [0.1, 0.15) is 0 Å². The third kappa shape index (κ3) is 4.40. The molecule has 1 unspecified atom stereocenters. The summed E-state index contributed by atoms with van der Waals surface area (Å²) >= 11 is 0. The molecule has 2 aliphatic rings. The van der Waals surface area contributed by atoms with E-state index >= 15 is 0 Å². The quantitative estimate of drug-likeness (QED) is 0.738. The lowest BCUT2D eigenvalue weighted by molar-refractivity contribution is -0.143. The Bertz CT molecular complexity index is 684. The van der Waals surface area contributed by atoms with Gasteiger partial charge < -0.3 is 19.3 Å². The van der Waals surface area contributed by atoms with Crippen LogP contribution >= 0.6 is 0 Å². The summed E-state index contributed by atoms with van der Waals surface area (Å²) in [6.45, 7) is 4.86. The number of rotatable bonds is 5. The van der Waals surface area contributed by atoms with E-state index in [4.69, 9.17) is 9.47 Å². The van der Waals surface area contributed by atoms with Gasteiger partial charge in [0.05, 0.1) is 18.8 Å². The second kappa shape index (κ2) is 8.31. The van der Waals surface area contributed by atoms with Crippen molar-refractivity contribution >= 4 is 17.8 Å². The molecule has 2 amide bonds. The molecule has 0 N–H and O–H groups in total. The van der Waals surface area contributed by atoms with Gasteiger partial charge in [-0.2, -0.15) is 0 Å². The maximum atomic E-state index is 12.4. The lowest BCUT2D eigenvalue weighted by Crippen LogP contribution is -2.46. The van der Waals surface area contributed by atoms with Crippen LogP contribution < -0.4 is 0 Å². The number of likely N-dealkylation sites (tertiary alicyclic amines) is 1. The minimum Gasteiger partial charge on any atom is -0.449 e. The molecule has 26 heavy (non-hydrogen) atoms. The Kier molecular flexibility index (Phi) is 5.88. The molecule has 1 aromatic carbocycles. The van der Waals surface area contributed by atoms with E-state index in [1.54, 1.807) is 34.9 Å². The van der Waals surface area contributed by atoms with E-state index in [0.717, 1.165) is 18.5 Å².